The van der Waals surface area contributed by atoms with Crippen molar-refractivity contribution in [2.24, 2.45) is 0 Å². The third-order valence-electron chi connectivity index (χ3n) is 4.48. The molecular formula is C18H35NO3. The van der Waals surface area contributed by atoms with E-state index in [-0.39, 0.29) is 29.3 Å². The maximum Gasteiger partial charge on any atom is 0.302 e. The van der Waals surface area contributed by atoms with E-state index in [4.69, 9.17) is 9.57 Å². The molecule has 1 saturated heterocycles. The predicted octanol–water partition coefficient (Wildman–Crippen LogP) is 4.47. The molecule has 0 aliphatic carbocycles. The second kappa shape index (κ2) is 7.78. The van der Waals surface area contributed by atoms with Gasteiger partial charge in [-0.05, 0) is 40.5 Å². The van der Waals surface area contributed by atoms with Gasteiger partial charge in [-0.2, -0.15) is 5.06 Å². The molecule has 0 aromatic rings. The second-order valence-electron chi connectivity index (χ2n) is 7.84. The van der Waals surface area contributed by atoms with Gasteiger partial charge in [0.05, 0.1) is 6.10 Å². The zero-order chi connectivity index (χ0) is 17.0. The van der Waals surface area contributed by atoms with Crippen LogP contribution in [0.2, 0.25) is 0 Å². The number of carbonyl (C=O) groups excluding carboxylic acids is 1. The van der Waals surface area contributed by atoms with Crippen LogP contribution < -0.4 is 0 Å². The number of piperidine rings is 1. The van der Waals surface area contributed by atoms with Gasteiger partial charge in [0.1, 0.15) is 6.10 Å². The number of rotatable bonds is 7. The fourth-order valence-electron chi connectivity index (χ4n) is 3.69. The first-order valence-corrected chi connectivity index (χ1v) is 8.76. The molecule has 0 N–H and O–H groups in total. The number of hydrogen-bond donors (Lipinski definition) is 0. The van der Waals surface area contributed by atoms with E-state index in [9.17, 15) is 4.79 Å². The Labute approximate surface area is 136 Å². The van der Waals surface area contributed by atoms with Crippen LogP contribution >= 0.6 is 0 Å². The number of ether oxygens (including phenoxy) is 1. The summed E-state index contributed by atoms with van der Waals surface area (Å²) in [7, 11) is 0. The van der Waals surface area contributed by atoms with Crippen molar-refractivity contribution >= 4 is 5.97 Å². The lowest BCUT2D eigenvalue weighted by Crippen LogP contribution is -2.62. The molecule has 1 atom stereocenters. The average Bonchev–Trinajstić information content (AvgIpc) is 2.35. The summed E-state index contributed by atoms with van der Waals surface area (Å²) in [4.78, 5) is 17.7. The molecular weight excluding hydrogens is 278 g/mol. The normalized spacial score (nSPS) is 23.2. The SMILES string of the molecule is CCCCC(CC)ON1C(C)(C)CC(OC(C)=O)CC1(C)C. The van der Waals surface area contributed by atoms with Crippen LogP contribution in [-0.4, -0.2) is 34.3 Å². The number of hydroxylamine groups is 2. The molecule has 1 aliphatic heterocycles. The Kier molecular flexibility index (Phi) is 6.87. The Hall–Kier alpha value is -0.610. The Bertz CT molecular complexity index is 347. The molecule has 4 nitrogen and oxygen atoms in total. The molecule has 0 aromatic carbocycles. The van der Waals surface area contributed by atoms with E-state index in [0.29, 0.717) is 0 Å². The third-order valence-corrected chi connectivity index (χ3v) is 4.48. The van der Waals surface area contributed by atoms with E-state index >= 15 is 0 Å². The van der Waals surface area contributed by atoms with Crippen LogP contribution in [0.1, 0.15) is 87.0 Å². The lowest BCUT2D eigenvalue weighted by atomic mass is 9.80. The Morgan fingerprint density at radius 1 is 1.18 bits per heavy atom. The summed E-state index contributed by atoms with van der Waals surface area (Å²) >= 11 is 0. The van der Waals surface area contributed by atoms with Gasteiger partial charge in [0.15, 0.2) is 0 Å². The smallest absolute Gasteiger partial charge is 0.302 e. The molecule has 0 saturated carbocycles. The summed E-state index contributed by atoms with van der Waals surface area (Å²) in [6, 6.07) is 0. The van der Waals surface area contributed by atoms with E-state index in [2.05, 4.69) is 46.6 Å². The minimum Gasteiger partial charge on any atom is -0.462 e. The first kappa shape index (κ1) is 19.4. The molecule has 0 bridgehead atoms. The van der Waals surface area contributed by atoms with Gasteiger partial charge in [-0.1, -0.05) is 26.7 Å². The molecule has 130 valence electrons. The highest BCUT2D eigenvalue weighted by Crippen LogP contribution is 2.40. The van der Waals surface area contributed by atoms with E-state index in [0.717, 1.165) is 25.7 Å². The van der Waals surface area contributed by atoms with Crippen LogP contribution in [0, 0.1) is 0 Å². The Morgan fingerprint density at radius 3 is 2.14 bits per heavy atom. The fourth-order valence-corrected chi connectivity index (χ4v) is 3.69. The molecule has 0 radical (unpaired) electrons. The zero-order valence-corrected chi connectivity index (χ0v) is 15.6. The van der Waals surface area contributed by atoms with Crippen LogP contribution in [0.5, 0.6) is 0 Å². The second-order valence-corrected chi connectivity index (χ2v) is 7.84. The van der Waals surface area contributed by atoms with Crippen molar-refractivity contribution in [3.05, 3.63) is 0 Å². The molecule has 1 fully saturated rings. The van der Waals surface area contributed by atoms with Crippen LogP contribution in [-0.2, 0) is 14.4 Å². The van der Waals surface area contributed by atoms with Crippen molar-refractivity contribution in [2.45, 2.75) is 110 Å². The number of hydrogen-bond acceptors (Lipinski definition) is 4. The maximum atomic E-state index is 11.3. The maximum absolute atomic E-state index is 11.3. The highest BCUT2D eigenvalue weighted by Gasteiger charge is 2.48. The fraction of sp³-hybridized carbons (Fsp3) is 0.944. The predicted molar refractivity (Wildman–Crippen MR) is 89.5 cm³/mol. The van der Waals surface area contributed by atoms with Gasteiger partial charge in [0.2, 0.25) is 0 Å². The summed E-state index contributed by atoms with van der Waals surface area (Å²) in [5.74, 6) is -0.194. The molecule has 4 heteroatoms. The Balaban J connectivity index is 2.82. The highest BCUT2D eigenvalue weighted by molar-refractivity contribution is 5.66. The van der Waals surface area contributed by atoms with Gasteiger partial charge in [0.25, 0.3) is 0 Å². The van der Waals surface area contributed by atoms with Crippen LogP contribution in [0.25, 0.3) is 0 Å². The molecule has 1 aliphatic rings. The molecule has 0 spiro atoms. The van der Waals surface area contributed by atoms with Crippen molar-refractivity contribution in [3.8, 4) is 0 Å². The third kappa shape index (κ3) is 5.24. The molecule has 1 unspecified atom stereocenters. The highest BCUT2D eigenvalue weighted by atomic mass is 16.7. The molecule has 0 amide bonds. The summed E-state index contributed by atoms with van der Waals surface area (Å²) in [6.45, 7) is 14.6. The monoisotopic (exact) mass is 313 g/mol. The Morgan fingerprint density at radius 2 is 1.73 bits per heavy atom. The van der Waals surface area contributed by atoms with Crippen molar-refractivity contribution in [1.82, 2.24) is 5.06 Å². The lowest BCUT2D eigenvalue weighted by molar-refractivity contribution is -0.315. The van der Waals surface area contributed by atoms with Crippen LogP contribution in [0.15, 0.2) is 0 Å². The molecule has 0 aromatic heterocycles. The van der Waals surface area contributed by atoms with Crippen molar-refractivity contribution in [3.63, 3.8) is 0 Å². The van der Waals surface area contributed by atoms with Crippen molar-refractivity contribution < 1.29 is 14.4 Å². The van der Waals surface area contributed by atoms with Gasteiger partial charge in [-0.25, -0.2) is 0 Å². The first-order valence-electron chi connectivity index (χ1n) is 8.76. The number of carbonyl (C=O) groups is 1. The number of unbranched alkanes of at least 4 members (excludes halogenated alkanes) is 1. The van der Waals surface area contributed by atoms with Gasteiger partial charge >= 0.3 is 5.97 Å². The quantitative estimate of drug-likeness (QED) is 0.650. The zero-order valence-electron chi connectivity index (χ0n) is 15.6. The minimum atomic E-state index is -0.194. The largest absolute Gasteiger partial charge is 0.462 e. The summed E-state index contributed by atoms with van der Waals surface area (Å²) in [6.07, 6.45) is 6.37. The van der Waals surface area contributed by atoms with Crippen LogP contribution in [0.3, 0.4) is 0 Å². The van der Waals surface area contributed by atoms with Gasteiger partial charge < -0.3 is 4.74 Å². The van der Waals surface area contributed by atoms with Crippen LogP contribution in [0.4, 0.5) is 0 Å². The van der Waals surface area contributed by atoms with E-state index in [1.807, 2.05) is 0 Å². The summed E-state index contributed by atoms with van der Waals surface area (Å²) in [5.41, 5.74) is -0.303. The molecule has 1 heterocycles. The van der Waals surface area contributed by atoms with Gasteiger partial charge in [-0.3, -0.25) is 9.63 Å². The molecule has 1 rings (SSSR count). The molecule has 22 heavy (non-hydrogen) atoms. The standard InChI is InChI=1S/C18H35NO3/c1-8-10-11-15(9-2)22-19-17(4,5)12-16(21-14(3)20)13-18(19,6)7/h15-16H,8-13H2,1-7H3. The van der Waals surface area contributed by atoms with E-state index in [1.165, 1.54) is 19.8 Å². The van der Waals surface area contributed by atoms with Gasteiger partial charge in [-0.15, -0.1) is 0 Å². The first-order chi connectivity index (χ1) is 10.1. The minimum absolute atomic E-state index is 0.0296. The van der Waals surface area contributed by atoms with Gasteiger partial charge in [0, 0.05) is 30.8 Å². The number of esters is 1. The van der Waals surface area contributed by atoms with E-state index in [1.54, 1.807) is 0 Å². The summed E-state index contributed by atoms with van der Waals surface area (Å²) < 4.78 is 5.49. The average molecular weight is 313 g/mol. The summed E-state index contributed by atoms with van der Waals surface area (Å²) in [5, 5.41) is 2.17. The van der Waals surface area contributed by atoms with E-state index < -0.39 is 0 Å². The topological polar surface area (TPSA) is 38.8 Å². The van der Waals surface area contributed by atoms with Crippen molar-refractivity contribution in [1.29, 1.82) is 0 Å². The number of nitrogens with zero attached hydrogens (tertiary/aromatic N) is 1. The lowest BCUT2D eigenvalue weighted by Gasteiger charge is -2.54. The van der Waals surface area contributed by atoms with Crippen molar-refractivity contribution in [2.75, 3.05) is 0 Å².